The Morgan fingerprint density at radius 3 is 2.50 bits per heavy atom. The number of hydrogen-bond donors (Lipinski definition) is 3. The summed E-state index contributed by atoms with van der Waals surface area (Å²) in [4.78, 5) is 15.9. The molecule has 1 amide bonds. The first-order chi connectivity index (χ1) is 12.1. The third-order valence-corrected chi connectivity index (χ3v) is 4.10. The summed E-state index contributed by atoms with van der Waals surface area (Å²) in [5, 5.41) is 9.29. The Kier molecular flexibility index (Phi) is 14.1. The average Bonchev–Trinajstić information content (AvgIpc) is 2.62. The maximum Gasteiger partial charge on any atom is 0.251 e. The van der Waals surface area contributed by atoms with Crippen LogP contribution in [0.5, 0.6) is 0 Å². The van der Waals surface area contributed by atoms with Gasteiger partial charge in [0.25, 0.3) is 5.91 Å². The number of rotatable bonds is 10. The summed E-state index contributed by atoms with van der Waals surface area (Å²) >= 11 is 0. The maximum atomic E-state index is 11.7. The molecule has 3 N–H and O–H groups in total. The van der Waals surface area contributed by atoms with E-state index in [0.717, 1.165) is 30.4 Å². The van der Waals surface area contributed by atoms with E-state index in [4.69, 9.17) is 0 Å². The van der Waals surface area contributed by atoms with Crippen LogP contribution in [-0.2, 0) is 6.54 Å². The monoisotopic (exact) mass is 474 g/mol. The molecule has 0 aliphatic heterocycles. The lowest BCUT2D eigenvalue weighted by Gasteiger charge is -2.12. The van der Waals surface area contributed by atoms with Crippen molar-refractivity contribution >= 4 is 35.8 Å². The number of carbonyl (C=O) groups excluding carboxylic acids is 1. The molecule has 0 spiro atoms. The van der Waals surface area contributed by atoms with Crippen LogP contribution in [0.1, 0.15) is 61.9 Å². The summed E-state index contributed by atoms with van der Waals surface area (Å²) in [6.45, 7) is 6.13. The Hall–Kier alpha value is -1.31. The van der Waals surface area contributed by atoms with Crippen molar-refractivity contribution < 1.29 is 4.79 Å². The summed E-state index contributed by atoms with van der Waals surface area (Å²) < 4.78 is 0. The van der Waals surface area contributed by atoms with E-state index < -0.39 is 0 Å². The summed E-state index contributed by atoms with van der Waals surface area (Å²) in [5.41, 5.74) is 1.73. The summed E-state index contributed by atoms with van der Waals surface area (Å²) in [6.07, 6.45) is 6.37. The minimum absolute atomic E-state index is 0. The van der Waals surface area contributed by atoms with Gasteiger partial charge in [0.15, 0.2) is 5.96 Å². The lowest BCUT2D eigenvalue weighted by Crippen LogP contribution is -2.37. The molecule has 0 radical (unpaired) electrons. The van der Waals surface area contributed by atoms with Gasteiger partial charge in [-0.2, -0.15) is 0 Å². The molecular weight excluding hydrogens is 439 g/mol. The molecule has 0 atom stereocenters. The third-order valence-electron chi connectivity index (χ3n) is 4.10. The second-order valence-corrected chi connectivity index (χ2v) is 6.73. The number of unbranched alkanes of at least 4 members (excludes halogenated alkanes) is 3. The highest BCUT2D eigenvalue weighted by Crippen LogP contribution is 2.09. The van der Waals surface area contributed by atoms with Crippen molar-refractivity contribution in [2.45, 2.75) is 52.5 Å². The van der Waals surface area contributed by atoms with Crippen molar-refractivity contribution in [1.29, 1.82) is 0 Å². The Morgan fingerprint density at radius 2 is 1.85 bits per heavy atom. The quantitative estimate of drug-likeness (QED) is 0.208. The van der Waals surface area contributed by atoms with Gasteiger partial charge in [-0.1, -0.05) is 51.7 Å². The first kappa shape index (κ1) is 24.7. The number of halogens is 1. The zero-order chi connectivity index (χ0) is 18.5. The third kappa shape index (κ3) is 10.6. The molecule has 0 aliphatic rings. The minimum Gasteiger partial charge on any atom is -0.356 e. The van der Waals surface area contributed by atoms with Gasteiger partial charge in [0.05, 0.1) is 0 Å². The van der Waals surface area contributed by atoms with E-state index in [1.54, 1.807) is 14.1 Å². The molecule has 0 heterocycles. The number of nitrogens with zero attached hydrogens (tertiary/aromatic N) is 1. The van der Waals surface area contributed by atoms with Crippen molar-refractivity contribution in [2.24, 2.45) is 10.9 Å². The molecule has 148 valence electrons. The molecule has 6 heteroatoms. The van der Waals surface area contributed by atoms with Gasteiger partial charge in [-0.3, -0.25) is 9.79 Å². The zero-order valence-electron chi connectivity index (χ0n) is 16.6. The molecule has 1 aromatic carbocycles. The lowest BCUT2D eigenvalue weighted by atomic mass is 10.0. The maximum absolute atomic E-state index is 11.7. The summed E-state index contributed by atoms with van der Waals surface area (Å²) in [7, 11) is 3.42. The van der Waals surface area contributed by atoms with Crippen LogP contribution in [-0.4, -0.2) is 32.5 Å². The fraction of sp³-hybridized carbons (Fsp3) is 0.600. The number of amides is 1. The van der Waals surface area contributed by atoms with Gasteiger partial charge in [-0.25, -0.2) is 0 Å². The first-order valence-electron chi connectivity index (χ1n) is 9.32. The Balaban J connectivity index is 0.00000625. The predicted molar refractivity (Wildman–Crippen MR) is 121 cm³/mol. The number of guanidine groups is 1. The molecule has 0 aliphatic carbocycles. The van der Waals surface area contributed by atoms with Crippen LogP contribution in [0.3, 0.4) is 0 Å². The molecule has 0 saturated heterocycles. The van der Waals surface area contributed by atoms with Crippen LogP contribution in [0.4, 0.5) is 0 Å². The van der Waals surface area contributed by atoms with E-state index >= 15 is 0 Å². The summed E-state index contributed by atoms with van der Waals surface area (Å²) in [5.74, 6) is 1.54. The molecule has 0 saturated carbocycles. The highest BCUT2D eigenvalue weighted by atomic mass is 127. The molecule has 0 fully saturated rings. The second kappa shape index (κ2) is 14.8. The van der Waals surface area contributed by atoms with E-state index in [9.17, 15) is 4.79 Å². The fourth-order valence-electron chi connectivity index (χ4n) is 2.61. The Morgan fingerprint density at radius 1 is 1.12 bits per heavy atom. The van der Waals surface area contributed by atoms with E-state index in [1.807, 2.05) is 24.3 Å². The molecule has 0 bridgehead atoms. The van der Waals surface area contributed by atoms with Crippen LogP contribution in [0.25, 0.3) is 0 Å². The van der Waals surface area contributed by atoms with Crippen LogP contribution in [0.2, 0.25) is 0 Å². The van der Waals surface area contributed by atoms with Crippen molar-refractivity contribution in [1.82, 2.24) is 16.0 Å². The molecule has 1 rings (SSSR count). The molecular formula is C20H35IN4O. The molecule has 26 heavy (non-hydrogen) atoms. The smallest absolute Gasteiger partial charge is 0.251 e. The van der Waals surface area contributed by atoms with E-state index in [-0.39, 0.29) is 29.9 Å². The van der Waals surface area contributed by atoms with Crippen molar-refractivity contribution in [2.75, 3.05) is 20.6 Å². The first-order valence-corrected chi connectivity index (χ1v) is 9.32. The number of aliphatic imine (C=N–C) groups is 1. The van der Waals surface area contributed by atoms with Gasteiger partial charge < -0.3 is 16.0 Å². The van der Waals surface area contributed by atoms with Gasteiger partial charge >= 0.3 is 0 Å². The van der Waals surface area contributed by atoms with E-state index in [1.165, 1.54) is 25.7 Å². The topological polar surface area (TPSA) is 65.5 Å². The van der Waals surface area contributed by atoms with Crippen molar-refractivity contribution in [3.05, 3.63) is 35.4 Å². The second-order valence-electron chi connectivity index (χ2n) is 6.73. The predicted octanol–water partition coefficient (Wildman–Crippen LogP) is 3.94. The van der Waals surface area contributed by atoms with E-state index in [2.05, 4.69) is 34.8 Å². The number of benzene rings is 1. The van der Waals surface area contributed by atoms with Crippen LogP contribution < -0.4 is 16.0 Å². The molecule has 1 aromatic rings. The average molecular weight is 474 g/mol. The minimum atomic E-state index is -0.0678. The Bertz CT molecular complexity index is 546. The Labute approximate surface area is 175 Å². The van der Waals surface area contributed by atoms with Gasteiger partial charge in [0.1, 0.15) is 0 Å². The van der Waals surface area contributed by atoms with Crippen LogP contribution >= 0.6 is 24.0 Å². The molecule has 0 aromatic heterocycles. The lowest BCUT2D eigenvalue weighted by molar-refractivity contribution is 0.0963. The number of hydrogen-bond acceptors (Lipinski definition) is 2. The zero-order valence-corrected chi connectivity index (χ0v) is 18.9. The van der Waals surface area contributed by atoms with E-state index in [0.29, 0.717) is 12.1 Å². The number of nitrogens with one attached hydrogen (secondary N) is 3. The van der Waals surface area contributed by atoms with Crippen molar-refractivity contribution in [3.8, 4) is 0 Å². The van der Waals surface area contributed by atoms with Crippen LogP contribution in [0, 0.1) is 5.92 Å². The van der Waals surface area contributed by atoms with Gasteiger partial charge in [0, 0.05) is 32.7 Å². The van der Waals surface area contributed by atoms with Crippen molar-refractivity contribution in [3.63, 3.8) is 0 Å². The fourth-order valence-corrected chi connectivity index (χ4v) is 2.61. The molecule has 0 unspecified atom stereocenters. The highest BCUT2D eigenvalue weighted by molar-refractivity contribution is 14.0. The van der Waals surface area contributed by atoms with Gasteiger partial charge in [-0.05, 0) is 30.0 Å². The van der Waals surface area contributed by atoms with Gasteiger partial charge in [0.2, 0.25) is 0 Å². The van der Waals surface area contributed by atoms with Gasteiger partial charge in [-0.15, -0.1) is 24.0 Å². The highest BCUT2D eigenvalue weighted by Gasteiger charge is 2.04. The van der Waals surface area contributed by atoms with Crippen LogP contribution in [0.15, 0.2) is 29.3 Å². The SMILES string of the molecule is CN=C(NCCCCCCC(C)C)NCc1cccc(C(=O)NC)c1.I. The largest absolute Gasteiger partial charge is 0.356 e. The summed E-state index contributed by atoms with van der Waals surface area (Å²) in [6, 6.07) is 7.61. The number of carbonyl (C=O) groups is 1. The molecule has 5 nitrogen and oxygen atoms in total. The standard InChI is InChI=1S/C20H34N4O.HI/c1-16(2)10-7-5-6-8-13-23-20(22-4)24-15-17-11-9-12-18(14-17)19(25)21-3;/h9,11-12,14,16H,5-8,10,13,15H2,1-4H3,(H,21,25)(H2,22,23,24);1H. The normalized spacial score (nSPS) is 11.0.